The molecule has 4 rings (SSSR count). The number of fused-ring (bicyclic) bond motifs is 2. The van der Waals surface area contributed by atoms with Crippen molar-refractivity contribution in [2.45, 2.75) is 13.0 Å². The molecule has 0 saturated heterocycles. The standard InChI is InChI=1S/C21H22N4O3S/c1-26-13-4-5-16-14(8-13)12(11-23-16)6-7-25-20(22)15-9-18(27-2)19(28-3)10-17(15)24-21(25)29/h4-5,8-11,22-23H,6-7H2,1-3H3,(H,24,29). The molecule has 3 N–H and O–H groups in total. The van der Waals surface area contributed by atoms with E-state index in [1.807, 2.05) is 24.4 Å². The van der Waals surface area contributed by atoms with Gasteiger partial charge in [0.2, 0.25) is 0 Å². The lowest BCUT2D eigenvalue weighted by Crippen LogP contribution is -2.23. The van der Waals surface area contributed by atoms with E-state index in [1.165, 1.54) is 0 Å². The van der Waals surface area contributed by atoms with Crippen molar-refractivity contribution in [3.05, 3.63) is 52.4 Å². The summed E-state index contributed by atoms with van der Waals surface area (Å²) in [5.41, 5.74) is 3.28. The molecule has 7 nitrogen and oxygen atoms in total. The van der Waals surface area contributed by atoms with E-state index in [0.717, 1.165) is 39.5 Å². The predicted octanol–water partition coefficient (Wildman–Crippen LogP) is 3.93. The second-order valence-corrected chi connectivity index (χ2v) is 7.05. The second kappa shape index (κ2) is 7.63. The zero-order chi connectivity index (χ0) is 20.5. The number of aromatic amines is 2. The number of nitrogens with zero attached hydrogens (tertiary/aromatic N) is 1. The van der Waals surface area contributed by atoms with E-state index in [9.17, 15) is 0 Å². The number of nitrogens with one attached hydrogen (secondary N) is 3. The maximum Gasteiger partial charge on any atom is 0.179 e. The summed E-state index contributed by atoms with van der Waals surface area (Å²) in [6.07, 6.45) is 2.72. The minimum Gasteiger partial charge on any atom is -0.497 e. The van der Waals surface area contributed by atoms with Crippen molar-refractivity contribution in [2.24, 2.45) is 0 Å². The number of benzene rings is 2. The lowest BCUT2D eigenvalue weighted by atomic mass is 10.1. The molecule has 0 unspecified atom stereocenters. The van der Waals surface area contributed by atoms with Crippen molar-refractivity contribution in [1.82, 2.24) is 14.5 Å². The number of aromatic nitrogens is 3. The van der Waals surface area contributed by atoms with Crippen molar-refractivity contribution >= 4 is 34.0 Å². The molecule has 29 heavy (non-hydrogen) atoms. The second-order valence-electron chi connectivity index (χ2n) is 6.66. The maximum absolute atomic E-state index is 8.69. The summed E-state index contributed by atoms with van der Waals surface area (Å²) >= 11 is 5.53. The average molecular weight is 410 g/mol. The van der Waals surface area contributed by atoms with Crippen LogP contribution in [-0.2, 0) is 13.0 Å². The van der Waals surface area contributed by atoms with E-state index in [1.54, 1.807) is 38.0 Å². The van der Waals surface area contributed by atoms with Crippen LogP contribution < -0.4 is 19.7 Å². The molecule has 2 aromatic heterocycles. The van der Waals surface area contributed by atoms with Crippen LogP contribution in [0.5, 0.6) is 17.2 Å². The lowest BCUT2D eigenvalue weighted by Gasteiger charge is -2.13. The fourth-order valence-corrected chi connectivity index (χ4v) is 3.84. The Morgan fingerprint density at radius 1 is 0.966 bits per heavy atom. The summed E-state index contributed by atoms with van der Waals surface area (Å²) in [6, 6.07) is 9.56. The van der Waals surface area contributed by atoms with Gasteiger partial charge in [-0.25, -0.2) is 0 Å². The Morgan fingerprint density at radius 2 is 1.72 bits per heavy atom. The Hall–Kier alpha value is -3.26. The Balaban J connectivity index is 1.73. The van der Waals surface area contributed by atoms with Gasteiger partial charge in [0.25, 0.3) is 0 Å². The average Bonchev–Trinajstić information content (AvgIpc) is 3.14. The molecule has 8 heteroatoms. The van der Waals surface area contributed by atoms with Crippen LogP contribution in [0.3, 0.4) is 0 Å². The van der Waals surface area contributed by atoms with Crippen molar-refractivity contribution in [3.63, 3.8) is 0 Å². The van der Waals surface area contributed by atoms with Gasteiger partial charge in [-0.3, -0.25) is 5.41 Å². The summed E-state index contributed by atoms with van der Waals surface area (Å²) in [6.45, 7) is 0.572. The molecule has 0 radical (unpaired) electrons. The molecule has 0 atom stereocenters. The van der Waals surface area contributed by atoms with Gasteiger partial charge in [0.15, 0.2) is 16.3 Å². The molecule has 2 heterocycles. The van der Waals surface area contributed by atoms with Crippen LogP contribution >= 0.6 is 12.2 Å². The van der Waals surface area contributed by atoms with E-state index in [0.29, 0.717) is 28.3 Å². The molecule has 0 fully saturated rings. The highest BCUT2D eigenvalue weighted by atomic mass is 32.1. The van der Waals surface area contributed by atoms with E-state index in [2.05, 4.69) is 9.97 Å². The highest BCUT2D eigenvalue weighted by Crippen LogP contribution is 2.30. The number of methoxy groups -OCH3 is 3. The predicted molar refractivity (Wildman–Crippen MR) is 115 cm³/mol. The van der Waals surface area contributed by atoms with Crippen LogP contribution in [0, 0.1) is 10.2 Å². The lowest BCUT2D eigenvalue weighted by molar-refractivity contribution is 0.355. The van der Waals surface area contributed by atoms with Gasteiger partial charge < -0.3 is 28.7 Å². The molecule has 2 aromatic carbocycles. The van der Waals surface area contributed by atoms with Crippen LogP contribution in [0.4, 0.5) is 0 Å². The molecule has 150 valence electrons. The van der Waals surface area contributed by atoms with Crippen LogP contribution in [-0.4, -0.2) is 35.9 Å². The number of hydrogen-bond acceptors (Lipinski definition) is 5. The van der Waals surface area contributed by atoms with Crippen LogP contribution in [0.1, 0.15) is 5.56 Å². The van der Waals surface area contributed by atoms with Crippen LogP contribution in [0.2, 0.25) is 0 Å². The summed E-state index contributed by atoms with van der Waals surface area (Å²) < 4.78 is 18.4. The zero-order valence-corrected chi connectivity index (χ0v) is 17.3. The molecule has 0 amide bonds. The van der Waals surface area contributed by atoms with Crippen molar-refractivity contribution < 1.29 is 14.2 Å². The number of ether oxygens (including phenoxy) is 3. The van der Waals surface area contributed by atoms with E-state index in [-0.39, 0.29) is 0 Å². The first-order valence-electron chi connectivity index (χ1n) is 9.13. The molecule has 0 spiro atoms. The molecule has 0 aliphatic carbocycles. The number of H-pyrrole nitrogens is 2. The highest BCUT2D eigenvalue weighted by Gasteiger charge is 2.11. The van der Waals surface area contributed by atoms with Crippen molar-refractivity contribution in [1.29, 1.82) is 5.41 Å². The molecule has 0 aliphatic rings. The molecular weight excluding hydrogens is 388 g/mol. The monoisotopic (exact) mass is 410 g/mol. The summed E-state index contributed by atoms with van der Waals surface area (Å²) in [5, 5.41) is 10.5. The van der Waals surface area contributed by atoms with Gasteiger partial charge >= 0.3 is 0 Å². The number of aryl methyl sites for hydroxylation is 1. The first-order valence-corrected chi connectivity index (χ1v) is 9.54. The van der Waals surface area contributed by atoms with E-state index < -0.39 is 0 Å². The van der Waals surface area contributed by atoms with Crippen LogP contribution in [0.25, 0.3) is 21.8 Å². The summed E-state index contributed by atoms with van der Waals surface area (Å²) in [7, 11) is 4.82. The third-order valence-corrected chi connectivity index (χ3v) is 5.44. The number of hydrogen-bond donors (Lipinski definition) is 3. The van der Waals surface area contributed by atoms with Gasteiger partial charge in [-0.2, -0.15) is 0 Å². The largest absolute Gasteiger partial charge is 0.497 e. The summed E-state index contributed by atoms with van der Waals surface area (Å²) in [4.78, 5) is 6.49. The van der Waals surface area contributed by atoms with Crippen molar-refractivity contribution in [2.75, 3.05) is 21.3 Å². The van der Waals surface area contributed by atoms with Gasteiger partial charge in [-0.15, -0.1) is 0 Å². The normalized spacial score (nSPS) is 11.1. The van der Waals surface area contributed by atoms with Gasteiger partial charge in [0.05, 0.1) is 26.8 Å². The minimum atomic E-state index is 0.335. The fraction of sp³-hybridized carbons (Fsp3) is 0.238. The third-order valence-electron chi connectivity index (χ3n) is 5.11. The zero-order valence-electron chi connectivity index (χ0n) is 16.5. The topological polar surface area (TPSA) is 88.1 Å². The maximum atomic E-state index is 8.69. The first-order chi connectivity index (χ1) is 14.0. The Morgan fingerprint density at radius 3 is 2.45 bits per heavy atom. The molecule has 0 saturated carbocycles. The van der Waals surface area contributed by atoms with E-state index in [4.69, 9.17) is 31.8 Å². The molecule has 4 aromatic rings. The smallest absolute Gasteiger partial charge is 0.179 e. The first kappa shape index (κ1) is 19.1. The molecule has 0 bridgehead atoms. The van der Waals surface area contributed by atoms with Gasteiger partial charge in [-0.05, 0) is 48.5 Å². The Kier molecular flexibility index (Phi) is 5.02. The highest BCUT2D eigenvalue weighted by molar-refractivity contribution is 7.71. The Labute approximate surface area is 172 Å². The van der Waals surface area contributed by atoms with Crippen molar-refractivity contribution in [3.8, 4) is 17.2 Å². The molecule has 0 aliphatic heterocycles. The van der Waals surface area contributed by atoms with Gasteiger partial charge in [0, 0.05) is 35.1 Å². The van der Waals surface area contributed by atoms with Gasteiger partial charge in [0.1, 0.15) is 11.2 Å². The van der Waals surface area contributed by atoms with Gasteiger partial charge in [-0.1, -0.05) is 0 Å². The Bertz CT molecular complexity index is 1320. The fourth-order valence-electron chi connectivity index (χ4n) is 3.54. The quantitative estimate of drug-likeness (QED) is 0.420. The van der Waals surface area contributed by atoms with Crippen LogP contribution in [0.15, 0.2) is 36.5 Å². The third kappa shape index (κ3) is 3.36. The minimum absolute atomic E-state index is 0.335. The van der Waals surface area contributed by atoms with E-state index >= 15 is 0 Å². The summed E-state index contributed by atoms with van der Waals surface area (Å²) in [5.74, 6) is 1.99. The SMILES string of the molecule is COc1ccc2[nH]cc(CCn3c(=S)[nH]c4cc(OC)c(OC)cc4c3=N)c2c1. The number of rotatable bonds is 6. The molecular formula is C21H22N4O3S.